The van der Waals surface area contributed by atoms with E-state index < -0.39 is 0 Å². The van der Waals surface area contributed by atoms with Crippen LogP contribution >= 0.6 is 11.8 Å². The molecule has 3 heteroatoms. The van der Waals surface area contributed by atoms with Crippen molar-refractivity contribution in [2.24, 2.45) is 0 Å². The third kappa shape index (κ3) is 4.87. The van der Waals surface area contributed by atoms with Crippen molar-refractivity contribution in [3.8, 4) is 0 Å². The SMILES string of the molecule is CCCNC(c1ccccc1)C(CC)Sc1ccccn1. The lowest BCUT2D eigenvalue weighted by atomic mass is 10.0. The van der Waals surface area contributed by atoms with Crippen LogP contribution in [0.4, 0.5) is 0 Å². The quantitative estimate of drug-likeness (QED) is 0.716. The number of hydrogen-bond donors (Lipinski definition) is 1. The molecule has 2 atom stereocenters. The molecule has 1 N–H and O–H groups in total. The summed E-state index contributed by atoms with van der Waals surface area (Å²) in [5, 5.41) is 5.29. The number of benzene rings is 1. The average Bonchev–Trinajstić information content (AvgIpc) is 2.56. The van der Waals surface area contributed by atoms with Gasteiger partial charge in [-0.25, -0.2) is 4.98 Å². The molecule has 2 nitrogen and oxygen atoms in total. The van der Waals surface area contributed by atoms with E-state index in [4.69, 9.17) is 0 Å². The van der Waals surface area contributed by atoms with Crippen molar-refractivity contribution in [2.75, 3.05) is 6.54 Å². The van der Waals surface area contributed by atoms with Gasteiger partial charge in [-0.3, -0.25) is 0 Å². The van der Waals surface area contributed by atoms with E-state index in [1.807, 2.05) is 24.0 Å². The van der Waals surface area contributed by atoms with E-state index in [0.29, 0.717) is 11.3 Å². The lowest BCUT2D eigenvalue weighted by Crippen LogP contribution is -2.30. The predicted molar refractivity (Wildman–Crippen MR) is 91.6 cm³/mol. The maximum Gasteiger partial charge on any atom is 0.0963 e. The first-order chi connectivity index (χ1) is 10.3. The fourth-order valence-electron chi connectivity index (χ4n) is 2.38. The summed E-state index contributed by atoms with van der Waals surface area (Å²) in [5.74, 6) is 0. The van der Waals surface area contributed by atoms with Crippen LogP contribution in [-0.4, -0.2) is 16.8 Å². The van der Waals surface area contributed by atoms with E-state index in [1.54, 1.807) is 0 Å². The maximum atomic E-state index is 4.46. The van der Waals surface area contributed by atoms with Gasteiger partial charge in [0, 0.05) is 17.5 Å². The average molecular weight is 300 g/mol. The van der Waals surface area contributed by atoms with Gasteiger partial charge in [0.2, 0.25) is 0 Å². The molecule has 0 saturated carbocycles. The lowest BCUT2D eigenvalue weighted by molar-refractivity contribution is 0.505. The summed E-state index contributed by atoms with van der Waals surface area (Å²) in [6, 6.07) is 17.2. The zero-order valence-corrected chi connectivity index (χ0v) is 13.6. The maximum absolute atomic E-state index is 4.46. The van der Waals surface area contributed by atoms with Gasteiger partial charge in [0.1, 0.15) is 0 Å². The monoisotopic (exact) mass is 300 g/mol. The molecule has 0 radical (unpaired) electrons. The Morgan fingerprint density at radius 2 is 1.81 bits per heavy atom. The summed E-state index contributed by atoms with van der Waals surface area (Å²) in [6.45, 7) is 5.50. The fourth-order valence-corrected chi connectivity index (χ4v) is 3.53. The Balaban J connectivity index is 2.16. The number of aromatic nitrogens is 1. The molecule has 0 bridgehead atoms. The van der Waals surface area contributed by atoms with Crippen molar-refractivity contribution in [3.05, 3.63) is 60.3 Å². The standard InChI is InChI=1S/C18H24N2S/c1-3-13-20-18(15-10-6-5-7-11-15)16(4-2)21-17-12-8-9-14-19-17/h5-12,14,16,18,20H,3-4,13H2,1-2H3. The summed E-state index contributed by atoms with van der Waals surface area (Å²) < 4.78 is 0. The largest absolute Gasteiger partial charge is 0.309 e. The first kappa shape index (κ1) is 16.1. The highest BCUT2D eigenvalue weighted by atomic mass is 32.2. The van der Waals surface area contributed by atoms with Crippen molar-refractivity contribution in [3.63, 3.8) is 0 Å². The van der Waals surface area contributed by atoms with Crippen molar-refractivity contribution in [2.45, 2.75) is 43.0 Å². The molecule has 2 aromatic rings. The Morgan fingerprint density at radius 3 is 2.43 bits per heavy atom. The van der Waals surface area contributed by atoms with E-state index in [0.717, 1.165) is 24.4 Å². The van der Waals surface area contributed by atoms with Crippen molar-refractivity contribution in [1.82, 2.24) is 10.3 Å². The number of nitrogens with one attached hydrogen (secondary N) is 1. The highest BCUT2D eigenvalue weighted by molar-refractivity contribution is 7.99. The molecule has 1 heterocycles. The molecule has 2 unspecified atom stereocenters. The molecule has 1 aromatic heterocycles. The van der Waals surface area contributed by atoms with Gasteiger partial charge >= 0.3 is 0 Å². The van der Waals surface area contributed by atoms with Crippen LogP contribution in [0.25, 0.3) is 0 Å². The molecular weight excluding hydrogens is 276 g/mol. The Bertz CT molecular complexity index is 501. The number of thioether (sulfide) groups is 1. The zero-order chi connectivity index (χ0) is 14.9. The topological polar surface area (TPSA) is 24.9 Å². The second-order valence-electron chi connectivity index (χ2n) is 5.08. The first-order valence-electron chi connectivity index (χ1n) is 7.71. The Hall–Kier alpha value is -1.32. The van der Waals surface area contributed by atoms with Crippen LogP contribution in [0.2, 0.25) is 0 Å². The van der Waals surface area contributed by atoms with Crippen molar-refractivity contribution >= 4 is 11.8 Å². The second-order valence-corrected chi connectivity index (χ2v) is 6.33. The molecule has 0 aliphatic rings. The minimum absolute atomic E-state index is 0.364. The molecule has 0 fully saturated rings. The third-order valence-electron chi connectivity index (χ3n) is 3.46. The van der Waals surface area contributed by atoms with Gasteiger partial charge in [-0.05, 0) is 37.1 Å². The van der Waals surface area contributed by atoms with Crippen molar-refractivity contribution < 1.29 is 0 Å². The Labute approximate surface area is 132 Å². The molecule has 0 aliphatic heterocycles. The molecule has 0 spiro atoms. The van der Waals surface area contributed by atoms with E-state index in [9.17, 15) is 0 Å². The van der Waals surface area contributed by atoms with Gasteiger partial charge in [-0.1, -0.05) is 50.2 Å². The minimum atomic E-state index is 0.364. The molecule has 2 rings (SSSR count). The van der Waals surface area contributed by atoms with E-state index in [-0.39, 0.29) is 0 Å². The lowest BCUT2D eigenvalue weighted by Gasteiger charge is -2.27. The summed E-state index contributed by atoms with van der Waals surface area (Å²) >= 11 is 1.87. The van der Waals surface area contributed by atoms with E-state index >= 15 is 0 Å². The summed E-state index contributed by atoms with van der Waals surface area (Å²) in [7, 11) is 0. The molecule has 0 aliphatic carbocycles. The van der Waals surface area contributed by atoms with Crippen molar-refractivity contribution in [1.29, 1.82) is 0 Å². The number of pyridine rings is 1. The van der Waals surface area contributed by atoms with Gasteiger partial charge in [-0.15, -0.1) is 11.8 Å². The second kappa shape index (κ2) is 8.85. The minimum Gasteiger partial charge on any atom is -0.309 e. The van der Waals surface area contributed by atoms with Crippen LogP contribution in [0, 0.1) is 0 Å². The van der Waals surface area contributed by atoms with Crippen LogP contribution in [0.3, 0.4) is 0 Å². The molecular formula is C18H24N2S. The molecule has 21 heavy (non-hydrogen) atoms. The number of hydrogen-bond acceptors (Lipinski definition) is 3. The molecule has 1 aromatic carbocycles. The first-order valence-corrected chi connectivity index (χ1v) is 8.59. The fraction of sp³-hybridized carbons (Fsp3) is 0.389. The normalized spacial score (nSPS) is 13.8. The van der Waals surface area contributed by atoms with Gasteiger partial charge in [0.25, 0.3) is 0 Å². The van der Waals surface area contributed by atoms with Crippen LogP contribution in [0.1, 0.15) is 38.3 Å². The molecule has 0 amide bonds. The summed E-state index contributed by atoms with van der Waals surface area (Å²) in [5.41, 5.74) is 1.36. The predicted octanol–water partition coefficient (Wildman–Crippen LogP) is 4.69. The van der Waals surface area contributed by atoms with Crippen LogP contribution in [0.5, 0.6) is 0 Å². The summed E-state index contributed by atoms with van der Waals surface area (Å²) in [6.07, 6.45) is 4.12. The highest BCUT2D eigenvalue weighted by Gasteiger charge is 2.22. The Morgan fingerprint density at radius 1 is 1.05 bits per heavy atom. The third-order valence-corrected chi connectivity index (χ3v) is 4.85. The smallest absolute Gasteiger partial charge is 0.0963 e. The van der Waals surface area contributed by atoms with Crippen LogP contribution in [-0.2, 0) is 0 Å². The number of nitrogens with zero attached hydrogens (tertiary/aromatic N) is 1. The number of rotatable bonds is 8. The highest BCUT2D eigenvalue weighted by Crippen LogP contribution is 2.33. The van der Waals surface area contributed by atoms with Crippen LogP contribution < -0.4 is 5.32 Å². The summed E-state index contributed by atoms with van der Waals surface area (Å²) in [4.78, 5) is 4.46. The van der Waals surface area contributed by atoms with E-state index in [2.05, 4.69) is 66.6 Å². The zero-order valence-electron chi connectivity index (χ0n) is 12.8. The molecule has 112 valence electrons. The molecule has 0 saturated heterocycles. The van der Waals surface area contributed by atoms with Gasteiger partial charge < -0.3 is 5.32 Å². The van der Waals surface area contributed by atoms with E-state index in [1.165, 1.54) is 5.56 Å². The Kier molecular flexibility index (Phi) is 6.77. The van der Waals surface area contributed by atoms with Gasteiger partial charge in [-0.2, -0.15) is 0 Å². The van der Waals surface area contributed by atoms with Gasteiger partial charge in [0.05, 0.1) is 5.03 Å². The van der Waals surface area contributed by atoms with Gasteiger partial charge in [0.15, 0.2) is 0 Å². The van der Waals surface area contributed by atoms with Crippen LogP contribution in [0.15, 0.2) is 59.8 Å².